The van der Waals surface area contributed by atoms with Crippen LogP contribution in [-0.4, -0.2) is 42.9 Å². The van der Waals surface area contributed by atoms with E-state index in [0.29, 0.717) is 12.8 Å². The number of nitrogens with one attached hydrogen (secondary N) is 1. The monoisotopic (exact) mass is 307 g/mol. The number of carboxylic acid groups (broad SMARTS) is 1. The van der Waals surface area contributed by atoms with Gasteiger partial charge in [-0.05, 0) is 12.3 Å². The summed E-state index contributed by atoms with van der Waals surface area (Å²) in [4.78, 5) is 22.7. The first-order chi connectivity index (χ1) is 9.23. The minimum Gasteiger partial charge on any atom is -0.480 e. The molecule has 0 unspecified atom stereocenters. The van der Waals surface area contributed by atoms with Gasteiger partial charge in [0.05, 0.1) is 5.75 Å². The van der Waals surface area contributed by atoms with E-state index in [1.165, 1.54) is 0 Å². The third-order valence-electron chi connectivity index (χ3n) is 3.21. The van der Waals surface area contributed by atoms with Crippen LogP contribution in [0, 0.1) is 5.92 Å². The van der Waals surface area contributed by atoms with Crippen LogP contribution in [0.5, 0.6) is 0 Å². The first-order valence-electron chi connectivity index (χ1n) is 6.96. The van der Waals surface area contributed by atoms with Gasteiger partial charge in [-0.2, -0.15) is 0 Å². The number of sulfone groups is 1. The van der Waals surface area contributed by atoms with E-state index in [-0.39, 0.29) is 11.7 Å². The number of rotatable bonds is 10. The molecule has 0 aromatic heterocycles. The van der Waals surface area contributed by atoms with Crippen molar-refractivity contribution >= 4 is 21.7 Å². The highest BCUT2D eigenvalue weighted by molar-refractivity contribution is 7.92. The maximum absolute atomic E-state index is 11.7. The second-order valence-electron chi connectivity index (χ2n) is 5.07. The van der Waals surface area contributed by atoms with Crippen molar-refractivity contribution in [2.75, 3.05) is 11.5 Å². The van der Waals surface area contributed by atoms with Gasteiger partial charge in [0.15, 0.2) is 9.84 Å². The summed E-state index contributed by atoms with van der Waals surface area (Å²) in [6.45, 7) is 5.48. The molecule has 20 heavy (non-hydrogen) atoms. The Balaban J connectivity index is 4.49. The molecule has 0 radical (unpaired) electrons. The molecule has 0 aliphatic rings. The van der Waals surface area contributed by atoms with Crippen LogP contribution in [0.2, 0.25) is 0 Å². The van der Waals surface area contributed by atoms with Crippen molar-refractivity contribution in [1.29, 1.82) is 0 Å². The van der Waals surface area contributed by atoms with E-state index in [2.05, 4.69) is 5.32 Å². The van der Waals surface area contributed by atoms with Gasteiger partial charge >= 0.3 is 5.97 Å². The lowest BCUT2D eigenvalue weighted by molar-refractivity contribution is -0.143. The smallest absolute Gasteiger partial charge is 0.326 e. The Bertz CT molecular complexity index is 418. The fraction of sp³-hybridized carbons (Fsp3) is 0.846. The van der Waals surface area contributed by atoms with E-state index in [1.807, 2.05) is 13.8 Å². The number of hydrogen-bond acceptors (Lipinski definition) is 4. The van der Waals surface area contributed by atoms with Crippen LogP contribution in [-0.2, 0) is 19.4 Å². The molecule has 0 aliphatic carbocycles. The molecule has 0 heterocycles. The fourth-order valence-corrected chi connectivity index (χ4v) is 3.01. The number of unbranched alkanes of at least 4 members (excludes halogenated alkanes) is 2. The highest BCUT2D eigenvalue weighted by Gasteiger charge is 2.27. The van der Waals surface area contributed by atoms with Gasteiger partial charge in [-0.3, -0.25) is 4.79 Å². The summed E-state index contributed by atoms with van der Waals surface area (Å²) in [7, 11) is -3.46. The normalized spacial score (nSPS) is 14.6. The van der Waals surface area contributed by atoms with Crippen molar-refractivity contribution < 1.29 is 23.1 Å². The van der Waals surface area contributed by atoms with Crippen molar-refractivity contribution in [1.82, 2.24) is 5.32 Å². The highest BCUT2D eigenvalue weighted by Crippen LogP contribution is 2.08. The summed E-state index contributed by atoms with van der Waals surface area (Å²) in [6, 6.07) is -1.04. The topological polar surface area (TPSA) is 101 Å². The van der Waals surface area contributed by atoms with Gasteiger partial charge in [0.1, 0.15) is 11.8 Å². The van der Waals surface area contributed by atoms with Crippen molar-refractivity contribution in [3.05, 3.63) is 0 Å². The quantitative estimate of drug-likeness (QED) is 0.591. The summed E-state index contributed by atoms with van der Waals surface area (Å²) in [5, 5.41) is 11.3. The fourth-order valence-electron chi connectivity index (χ4n) is 1.74. The van der Waals surface area contributed by atoms with Crippen LogP contribution in [0.3, 0.4) is 0 Å². The third-order valence-corrected chi connectivity index (χ3v) is 4.82. The van der Waals surface area contributed by atoms with Crippen LogP contribution in [0.25, 0.3) is 0 Å². The van der Waals surface area contributed by atoms with Gasteiger partial charge in [0.25, 0.3) is 0 Å². The maximum Gasteiger partial charge on any atom is 0.326 e. The summed E-state index contributed by atoms with van der Waals surface area (Å²) in [6.07, 6.45) is 2.81. The average molecular weight is 307 g/mol. The Hall–Kier alpha value is -1.11. The SMILES string of the molecule is CCCCCS(=O)(=O)CC(=O)N[C@H](C(=O)O)[C@@H](C)CC. The zero-order chi connectivity index (χ0) is 15.8. The van der Waals surface area contributed by atoms with Gasteiger partial charge in [0, 0.05) is 0 Å². The van der Waals surface area contributed by atoms with E-state index in [1.54, 1.807) is 6.92 Å². The first-order valence-corrected chi connectivity index (χ1v) is 8.78. The summed E-state index contributed by atoms with van der Waals surface area (Å²) in [5.74, 6) is -2.81. The van der Waals surface area contributed by atoms with E-state index < -0.39 is 33.5 Å². The molecule has 7 heteroatoms. The molecule has 2 N–H and O–H groups in total. The van der Waals surface area contributed by atoms with Crippen molar-refractivity contribution in [3.63, 3.8) is 0 Å². The molecule has 6 nitrogen and oxygen atoms in total. The average Bonchev–Trinajstić information content (AvgIpc) is 2.34. The molecule has 0 bridgehead atoms. The standard InChI is InChI=1S/C13H25NO5S/c1-4-6-7-8-20(18,19)9-11(15)14-12(13(16)17)10(3)5-2/h10,12H,4-9H2,1-3H3,(H,14,15)(H,16,17)/t10-,12-/m0/s1. The zero-order valence-electron chi connectivity index (χ0n) is 12.4. The van der Waals surface area contributed by atoms with Gasteiger partial charge in [-0.1, -0.05) is 40.0 Å². The molecule has 0 rings (SSSR count). The summed E-state index contributed by atoms with van der Waals surface area (Å²) in [5.41, 5.74) is 0. The number of carbonyl (C=O) groups is 2. The van der Waals surface area contributed by atoms with E-state index in [4.69, 9.17) is 5.11 Å². The van der Waals surface area contributed by atoms with Gasteiger partial charge in [-0.25, -0.2) is 13.2 Å². The van der Waals surface area contributed by atoms with Gasteiger partial charge in [0.2, 0.25) is 5.91 Å². The molecule has 0 aromatic rings. The van der Waals surface area contributed by atoms with Crippen molar-refractivity contribution in [3.8, 4) is 0 Å². The third kappa shape index (κ3) is 7.47. The molecule has 0 fully saturated rings. The summed E-state index contributed by atoms with van der Waals surface area (Å²) < 4.78 is 23.4. The minimum absolute atomic E-state index is 0.0324. The number of amides is 1. The number of carboxylic acids is 1. The molecule has 0 aromatic carbocycles. The molecule has 0 spiro atoms. The first kappa shape index (κ1) is 18.9. The summed E-state index contributed by atoms with van der Waals surface area (Å²) >= 11 is 0. The predicted molar refractivity (Wildman–Crippen MR) is 77.2 cm³/mol. The Kier molecular flexibility index (Phi) is 8.45. The Labute approximate surface area is 120 Å². The molecular weight excluding hydrogens is 282 g/mol. The lowest BCUT2D eigenvalue weighted by Crippen LogP contribution is -2.47. The number of carbonyl (C=O) groups excluding carboxylic acids is 1. The minimum atomic E-state index is -3.46. The lowest BCUT2D eigenvalue weighted by atomic mass is 9.99. The lowest BCUT2D eigenvalue weighted by Gasteiger charge is -2.20. The van der Waals surface area contributed by atoms with Crippen LogP contribution in [0.1, 0.15) is 46.5 Å². The van der Waals surface area contributed by atoms with E-state index in [9.17, 15) is 18.0 Å². The van der Waals surface area contributed by atoms with Crippen molar-refractivity contribution in [2.24, 2.45) is 5.92 Å². The number of aliphatic carboxylic acids is 1. The highest BCUT2D eigenvalue weighted by atomic mass is 32.2. The molecular formula is C13H25NO5S. The van der Waals surface area contributed by atoms with Crippen LogP contribution in [0.4, 0.5) is 0 Å². The molecule has 2 atom stereocenters. The second-order valence-corrected chi connectivity index (χ2v) is 7.25. The zero-order valence-corrected chi connectivity index (χ0v) is 13.2. The van der Waals surface area contributed by atoms with E-state index >= 15 is 0 Å². The largest absolute Gasteiger partial charge is 0.480 e. The van der Waals surface area contributed by atoms with Crippen LogP contribution < -0.4 is 5.32 Å². The van der Waals surface area contributed by atoms with E-state index in [0.717, 1.165) is 12.8 Å². The van der Waals surface area contributed by atoms with Crippen LogP contribution >= 0.6 is 0 Å². The van der Waals surface area contributed by atoms with Gasteiger partial charge < -0.3 is 10.4 Å². The molecule has 0 saturated heterocycles. The molecule has 0 saturated carbocycles. The Morgan fingerprint density at radius 1 is 1.20 bits per heavy atom. The Morgan fingerprint density at radius 3 is 2.25 bits per heavy atom. The van der Waals surface area contributed by atoms with Crippen LogP contribution in [0.15, 0.2) is 0 Å². The second kappa shape index (κ2) is 8.94. The molecule has 0 aliphatic heterocycles. The van der Waals surface area contributed by atoms with Gasteiger partial charge in [-0.15, -0.1) is 0 Å². The maximum atomic E-state index is 11.7. The molecule has 118 valence electrons. The number of hydrogen-bond donors (Lipinski definition) is 2. The predicted octanol–water partition coefficient (Wildman–Crippen LogP) is 1.21. The molecule has 1 amide bonds. The Morgan fingerprint density at radius 2 is 1.80 bits per heavy atom. The van der Waals surface area contributed by atoms with Crippen molar-refractivity contribution in [2.45, 2.75) is 52.5 Å².